The lowest BCUT2D eigenvalue weighted by atomic mass is 9.93. The zero-order chi connectivity index (χ0) is 25.6. The first-order valence-corrected chi connectivity index (χ1v) is 12.0. The third kappa shape index (κ3) is 3.97. The molecule has 2 amide bonds. The number of ether oxygens (including phenoxy) is 1. The Morgan fingerprint density at radius 2 is 1.78 bits per heavy atom. The molecule has 2 heterocycles. The molecule has 36 heavy (non-hydrogen) atoms. The molecule has 0 atom stereocenters. The van der Waals surface area contributed by atoms with Crippen molar-refractivity contribution in [1.29, 1.82) is 0 Å². The van der Waals surface area contributed by atoms with Crippen molar-refractivity contribution in [1.82, 2.24) is 14.8 Å². The Labute approximate surface area is 212 Å². The molecule has 0 saturated heterocycles. The third-order valence-corrected chi connectivity index (χ3v) is 6.97. The predicted octanol–water partition coefficient (Wildman–Crippen LogP) is 3.93. The SMILES string of the molecule is CN(CCO)CCCOc1cc2c(cc1O)c1c3c(c(-c4ccccc4Cl)cc1n2C)C(=O)NC3=O. The maximum atomic E-state index is 13.0. The van der Waals surface area contributed by atoms with E-state index in [1.807, 2.05) is 47.8 Å². The van der Waals surface area contributed by atoms with E-state index in [9.17, 15) is 14.7 Å². The number of carbonyl (C=O) groups is 2. The highest BCUT2D eigenvalue weighted by molar-refractivity contribution is 6.36. The number of nitrogens with zero attached hydrogens (tertiary/aromatic N) is 2. The smallest absolute Gasteiger partial charge is 0.259 e. The zero-order valence-corrected chi connectivity index (χ0v) is 20.7. The van der Waals surface area contributed by atoms with Crippen LogP contribution in [0.1, 0.15) is 27.1 Å². The van der Waals surface area contributed by atoms with Gasteiger partial charge in [0, 0.05) is 47.6 Å². The number of likely N-dealkylation sites (N-methyl/N-ethyl adjacent to an activating group) is 1. The number of rotatable bonds is 8. The third-order valence-electron chi connectivity index (χ3n) is 6.64. The highest BCUT2D eigenvalue weighted by atomic mass is 35.5. The van der Waals surface area contributed by atoms with Crippen LogP contribution in [0, 0.1) is 0 Å². The van der Waals surface area contributed by atoms with Crippen LogP contribution in [0.4, 0.5) is 0 Å². The molecule has 0 bridgehead atoms. The van der Waals surface area contributed by atoms with Crippen LogP contribution in [-0.4, -0.2) is 64.8 Å². The first-order valence-electron chi connectivity index (χ1n) is 11.7. The van der Waals surface area contributed by atoms with E-state index in [4.69, 9.17) is 21.4 Å². The molecule has 0 fully saturated rings. The molecule has 0 spiro atoms. The molecule has 186 valence electrons. The van der Waals surface area contributed by atoms with E-state index in [0.717, 1.165) is 24.0 Å². The molecule has 1 aromatic heterocycles. The molecule has 5 rings (SSSR count). The number of hydrogen-bond acceptors (Lipinski definition) is 6. The first-order chi connectivity index (χ1) is 17.3. The van der Waals surface area contributed by atoms with Gasteiger partial charge in [-0.3, -0.25) is 14.9 Å². The second-order valence-electron chi connectivity index (χ2n) is 8.96. The van der Waals surface area contributed by atoms with Gasteiger partial charge < -0.3 is 24.4 Å². The first kappa shape index (κ1) is 24.1. The van der Waals surface area contributed by atoms with Crippen molar-refractivity contribution in [3.05, 3.63) is 58.6 Å². The molecule has 9 heteroatoms. The molecule has 0 saturated carbocycles. The second kappa shape index (κ2) is 9.46. The summed E-state index contributed by atoms with van der Waals surface area (Å²) in [5.41, 5.74) is 3.26. The van der Waals surface area contributed by atoms with Crippen LogP contribution in [0.2, 0.25) is 5.02 Å². The van der Waals surface area contributed by atoms with Crippen LogP contribution in [0.25, 0.3) is 32.9 Å². The minimum absolute atomic E-state index is 0.0487. The fourth-order valence-electron chi connectivity index (χ4n) is 4.87. The maximum Gasteiger partial charge on any atom is 0.259 e. The average Bonchev–Trinajstić information content (AvgIpc) is 3.29. The lowest BCUT2D eigenvalue weighted by molar-refractivity contribution is 0.0880. The van der Waals surface area contributed by atoms with E-state index in [1.165, 1.54) is 0 Å². The van der Waals surface area contributed by atoms with E-state index in [2.05, 4.69) is 5.32 Å². The molecule has 1 aliphatic rings. The second-order valence-corrected chi connectivity index (χ2v) is 9.36. The topological polar surface area (TPSA) is 104 Å². The number of aromatic hydroxyl groups is 1. The summed E-state index contributed by atoms with van der Waals surface area (Å²) in [5.74, 6) is -0.665. The average molecular weight is 508 g/mol. The van der Waals surface area contributed by atoms with Gasteiger partial charge in [-0.2, -0.15) is 0 Å². The number of imide groups is 1. The van der Waals surface area contributed by atoms with Gasteiger partial charge in [-0.05, 0) is 37.2 Å². The minimum atomic E-state index is -0.479. The Balaban J connectivity index is 1.63. The van der Waals surface area contributed by atoms with E-state index in [-0.39, 0.29) is 23.5 Å². The number of aryl methyl sites for hydroxylation is 1. The van der Waals surface area contributed by atoms with Gasteiger partial charge in [-0.1, -0.05) is 29.8 Å². The number of benzene rings is 3. The number of phenolic OH excluding ortho intramolecular Hbond substituents is 1. The summed E-state index contributed by atoms with van der Waals surface area (Å²) >= 11 is 6.46. The van der Waals surface area contributed by atoms with Crippen molar-refractivity contribution >= 4 is 45.2 Å². The summed E-state index contributed by atoms with van der Waals surface area (Å²) in [6, 6.07) is 12.4. The fourth-order valence-corrected chi connectivity index (χ4v) is 5.11. The lowest BCUT2D eigenvalue weighted by Gasteiger charge is -2.15. The summed E-state index contributed by atoms with van der Waals surface area (Å²) in [5, 5.41) is 23.9. The maximum absolute atomic E-state index is 13.0. The number of aliphatic hydroxyl groups is 1. The summed E-state index contributed by atoms with van der Waals surface area (Å²) in [6.07, 6.45) is 0.722. The molecule has 3 N–H and O–H groups in total. The molecular formula is C27H26ClN3O5. The van der Waals surface area contributed by atoms with Gasteiger partial charge in [0.15, 0.2) is 11.5 Å². The number of carbonyl (C=O) groups excluding carboxylic acids is 2. The van der Waals surface area contributed by atoms with Gasteiger partial charge in [0.2, 0.25) is 0 Å². The Bertz CT molecular complexity index is 1530. The normalized spacial score (nSPS) is 13.1. The zero-order valence-electron chi connectivity index (χ0n) is 20.0. The molecule has 0 unspecified atom stereocenters. The Hall–Kier alpha value is -3.59. The summed E-state index contributed by atoms with van der Waals surface area (Å²) in [7, 11) is 3.79. The Kier molecular flexibility index (Phi) is 6.34. The van der Waals surface area contributed by atoms with E-state index in [0.29, 0.717) is 45.8 Å². The van der Waals surface area contributed by atoms with Gasteiger partial charge in [0.1, 0.15) is 0 Å². The largest absolute Gasteiger partial charge is 0.504 e. The van der Waals surface area contributed by atoms with Gasteiger partial charge in [0.05, 0.1) is 35.4 Å². The summed E-state index contributed by atoms with van der Waals surface area (Å²) in [4.78, 5) is 27.8. The number of aliphatic hydroxyl groups excluding tert-OH is 1. The summed E-state index contributed by atoms with van der Waals surface area (Å²) in [6.45, 7) is 1.82. The highest BCUT2D eigenvalue weighted by Crippen LogP contribution is 2.43. The quantitative estimate of drug-likeness (QED) is 0.246. The van der Waals surface area contributed by atoms with Crippen LogP contribution in [0.3, 0.4) is 0 Å². The van der Waals surface area contributed by atoms with Crippen LogP contribution in [-0.2, 0) is 7.05 Å². The summed E-state index contributed by atoms with van der Waals surface area (Å²) < 4.78 is 7.78. The van der Waals surface area contributed by atoms with Gasteiger partial charge in [-0.15, -0.1) is 0 Å². The van der Waals surface area contributed by atoms with Crippen molar-refractivity contribution in [2.45, 2.75) is 6.42 Å². The van der Waals surface area contributed by atoms with Crippen LogP contribution >= 0.6 is 11.6 Å². The number of hydrogen-bond donors (Lipinski definition) is 3. The molecule has 1 aliphatic heterocycles. The molecule has 8 nitrogen and oxygen atoms in total. The molecule has 3 aromatic carbocycles. The number of nitrogens with one attached hydrogen (secondary N) is 1. The molecule has 4 aromatic rings. The van der Waals surface area contributed by atoms with Crippen LogP contribution in [0.15, 0.2) is 42.5 Å². The highest BCUT2D eigenvalue weighted by Gasteiger charge is 2.34. The number of amides is 2. The van der Waals surface area contributed by atoms with Crippen molar-refractivity contribution in [2.24, 2.45) is 7.05 Å². The number of fused-ring (bicyclic) bond motifs is 5. The van der Waals surface area contributed by atoms with Crippen LogP contribution < -0.4 is 10.1 Å². The van der Waals surface area contributed by atoms with Gasteiger partial charge >= 0.3 is 0 Å². The van der Waals surface area contributed by atoms with E-state index < -0.39 is 11.8 Å². The van der Waals surface area contributed by atoms with Crippen molar-refractivity contribution in [3.8, 4) is 22.6 Å². The predicted molar refractivity (Wildman–Crippen MR) is 139 cm³/mol. The lowest BCUT2D eigenvalue weighted by Crippen LogP contribution is -2.24. The molecule has 0 radical (unpaired) electrons. The Morgan fingerprint density at radius 3 is 2.53 bits per heavy atom. The number of halogens is 1. The van der Waals surface area contributed by atoms with Crippen LogP contribution in [0.5, 0.6) is 11.5 Å². The van der Waals surface area contributed by atoms with Crippen molar-refractivity contribution in [3.63, 3.8) is 0 Å². The van der Waals surface area contributed by atoms with E-state index >= 15 is 0 Å². The van der Waals surface area contributed by atoms with Crippen molar-refractivity contribution < 1.29 is 24.5 Å². The number of phenols is 1. The standard InChI is InChI=1S/C27H26ClN3O5/c1-30(9-10-32)8-5-11-36-22-14-19-17(13-21(22)33)23-20(31(19)2)12-16(15-6-3-4-7-18(15)28)24-25(23)27(35)29-26(24)34/h3-4,6-7,12-14,32-33H,5,8-11H2,1-2H3,(H,29,34,35). The monoisotopic (exact) mass is 507 g/mol. The molecular weight excluding hydrogens is 482 g/mol. The van der Waals surface area contributed by atoms with Gasteiger partial charge in [0.25, 0.3) is 11.8 Å². The molecule has 0 aliphatic carbocycles. The van der Waals surface area contributed by atoms with Gasteiger partial charge in [-0.25, -0.2) is 0 Å². The van der Waals surface area contributed by atoms with E-state index in [1.54, 1.807) is 18.2 Å². The minimum Gasteiger partial charge on any atom is -0.504 e. The number of aromatic nitrogens is 1. The fraction of sp³-hybridized carbons (Fsp3) is 0.259. The Morgan fingerprint density at radius 1 is 1.03 bits per heavy atom. The van der Waals surface area contributed by atoms with Crippen molar-refractivity contribution in [2.75, 3.05) is 33.4 Å².